The number of aliphatic hydroxyl groups is 1. The van der Waals surface area contributed by atoms with E-state index in [9.17, 15) is 14.7 Å². The van der Waals surface area contributed by atoms with E-state index in [1.54, 1.807) is 0 Å². The zero-order chi connectivity index (χ0) is 19.1. The summed E-state index contributed by atoms with van der Waals surface area (Å²) in [6.45, 7) is 5.78. The van der Waals surface area contributed by atoms with Gasteiger partial charge in [0.25, 0.3) is 0 Å². The fourth-order valence-corrected chi connectivity index (χ4v) is 7.68. The first-order chi connectivity index (χ1) is 12.1. The lowest BCUT2D eigenvalue weighted by Crippen LogP contribution is -2.56. The molecule has 0 saturated heterocycles. The van der Waals surface area contributed by atoms with Gasteiger partial charge in [0, 0.05) is 16.9 Å². The lowest BCUT2D eigenvalue weighted by atomic mass is 9.48. The van der Waals surface area contributed by atoms with E-state index in [2.05, 4.69) is 19.9 Å². The topological polar surface area (TPSA) is 54.4 Å². The minimum atomic E-state index is -1.24. The maximum Gasteiger partial charge on any atom is 0.174 e. The molecule has 0 aromatic heterocycles. The minimum absolute atomic E-state index is 0.0170. The molecule has 2 fully saturated rings. The first-order valence-corrected chi connectivity index (χ1v) is 10.4. The van der Waals surface area contributed by atoms with Crippen LogP contribution in [0.3, 0.4) is 0 Å². The van der Waals surface area contributed by atoms with Gasteiger partial charge in [0.2, 0.25) is 0 Å². The molecule has 0 amide bonds. The van der Waals surface area contributed by atoms with Crippen LogP contribution < -0.4 is 0 Å². The third kappa shape index (κ3) is 2.11. The molecular formula is C21H26Cl2O3. The maximum absolute atomic E-state index is 12.3. The lowest BCUT2D eigenvalue weighted by molar-refractivity contribution is -0.156. The number of ketones is 2. The first-order valence-electron chi connectivity index (χ1n) is 9.61. The third-order valence-corrected chi connectivity index (χ3v) is 9.08. The smallest absolute Gasteiger partial charge is 0.174 e. The van der Waals surface area contributed by atoms with Gasteiger partial charge in [-0.25, -0.2) is 0 Å². The Hall–Kier alpha value is -0.640. The van der Waals surface area contributed by atoms with E-state index in [4.69, 9.17) is 23.2 Å². The second-order valence-corrected chi connectivity index (χ2v) is 10.0. The highest BCUT2D eigenvalue weighted by atomic mass is 35.5. The number of Topliss-reactive ketones (excluding diaryl/α,β-unsaturated/α-hetero) is 2. The molecule has 1 N–H and O–H groups in total. The van der Waals surface area contributed by atoms with Gasteiger partial charge in [-0.05, 0) is 67.8 Å². The summed E-state index contributed by atoms with van der Waals surface area (Å²) in [7, 11) is 0. The van der Waals surface area contributed by atoms with Gasteiger partial charge in [-0.2, -0.15) is 0 Å². The van der Waals surface area contributed by atoms with Gasteiger partial charge in [0.15, 0.2) is 11.6 Å². The van der Waals surface area contributed by atoms with Crippen molar-refractivity contribution >= 4 is 34.8 Å². The molecule has 5 heteroatoms. The third-order valence-electron chi connectivity index (χ3n) is 8.37. The van der Waals surface area contributed by atoms with Gasteiger partial charge in [-0.3, -0.25) is 9.59 Å². The summed E-state index contributed by atoms with van der Waals surface area (Å²) in [5.41, 5.74) is -1.04. The summed E-state index contributed by atoms with van der Waals surface area (Å²) in [5, 5.41) is 12.1. The second-order valence-electron chi connectivity index (χ2n) is 9.25. The van der Waals surface area contributed by atoms with E-state index in [0.717, 1.165) is 31.3 Å². The Kier molecular flexibility index (Phi) is 4.09. The number of carbonyl (C=O) groups is 2. The van der Waals surface area contributed by atoms with E-state index >= 15 is 0 Å². The van der Waals surface area contributed by atoms with Crippen molar-refractivity contribution in [2.75, 3.05) is 0 Å². The van der Waals surface area contributed by atoms with E-state index < -0.39 is 11.0 Å². The average molecular weight is 397 g/mol. The Morgan fingerprint density at radius 2 is 1.81 bits per heavy atom. The fourth-order valence-electron chi connectivity index (χ4n) is 6.77. The molecule has 2 saturated carbocycles. The molecule has 4 aliphatic rings. The molecule has 0 aromatic carbocycles. The van der Waals surface area contributed by atoms with Gasteiger partial charge in [-0.1, -0.05) is 43.1 Å². The molecule has 0 spiro atoms. The standard InChI is InChI=1S/C21H26Cl2O3/c1-11(24)21(26)9-5-14-12-10-15(22)17-18(23)16(25)6-7-19(17,2)13(12)4-8-20(14,21)3/h10,12-14,26H,4-9H2,1-3H3/t12-,13+,14+,19-,20+,21+/m1/s1. The zero-order valence-corrected chi connectivity index (χ0v) is 17.1. The zero-order valence-electron chi connectivity index (χ0n) is 15.6. The molecule has 0 bridgehead atoms. The number of carbonyl (C=O) groups excluding carboxylic acids is 2. The van der Waals surface area contributed by atoms with E-state index in [1.807, 2.05) is 0 Å². The van der Waals surface area contributed by atoms with E-state index in [1.165, 1.54) is 6.92 Å². The fraction of sp³-hybridized carbons (Fsp3) is 0.714. The summed E-state index contributed by atoms with van der Waals surface area (Å²) in [6.07, 6.45) is 6.38. The summed E-state index contributed by atoms with van der Waals surface area (Å²) in [5.74, 6) is 0.635. The Morgan fingerprint density at radius 1 is 1.15 bits per heavy atom. The quantitative estimate of drug-likeness (QED) is 0.695. The number of hydrogen-bond donors (Lipinski definition) is 1. The summed E-state index contributed by atoms with van der Waals surface area (Å²) in [6, 6.07) is 0. The minimum Gasteiger partial charge on any atom is -0.382 e. The first kappa shape index (κ1) is 18.7. The van der Waals surface area contributed by atoms with Gasteiger partial charge in [-0.15, -0.1) is 0 Å². The van der Waals surface area contributed by atoms with Gasteiger partial charge in [0.05, 0.1) is 5.03 Å². The number of halogens is 2. The monoisotopic (exact) mass is 396 g/mol. The second kappa shape index (κ2) is 5.68. The van der Waals surface area contributed by atoms with Crippen molar-refractivity contribution in [2.45, 2.75) is 64.9 Å². The van der Waals surface area contributed by atoms with Gasteiger partial charge in [0.1, 0.15) is 5.60 Å². The van der Waals surface area contributed by atoms with Crippen molar-refractivity contribution in [2.24, 2.45) is 28.6 Å². The van der Waals surface area contributed by atoms with Crippen molar-refractivity contribution < 1.29 is 14.7 Å². The van der Waals surface area contributed by atoms with Crippen LogP contribution in [0.1, 0.15) is 59.3 Å². The van der Waals surface area contributed by atoms with Crippen LogP contribution in [0.25, 0.3) is 0 Å². The number of hydrogen-bond acceptors (Lipinski definition) is 3. The highest BCUT2D eigenvalue weighted by Gasteiger charge is 2.65. The van der Waals surface area contributed by atoms with Crippen LogP contribution in [0.2, 0.25) is 0 Å². The van der Waals surface area contributed by atoms with Crippen molar-refractivity contribution in [1.82, 2.24) is 0 Å². The Bertz CT molecular complexity index is 769. The average Bonchev–Trinajstić information content (AvgIpc) is 2.84. The SMILES string of the molecule is CC(=O)[C@@]1(O)CC[C@H]2[C@@H]3C=C(Cl)C4=C(Cl)C(=O)CC[C@]4(C)[C@H]3CC[C@@]21C. The van der Waals surface area contributed by atoms with Crippen LogP contribution in [-0.4, -0.2) is 22.3 Å². The molecule has 4 aliphatic carbocycles. The number of fused-ring (bicyclic) bond motifs is 5. The molecule has 0 heterocycles. The van der Waals surface area contributed by atoms with Crippen molar-refractivity contribution in [3.05, 3.63) is 21.7 Å². The normalized spacial score (nSPS) is 47.8. The van der Waals surface area contributed by atoms with Crippen LogP contribution in [0.5, 0.6) is 0 Å². The molecule has 0 aliphatic heterocycles. The summed E-state index contributed by atoms with van der Waals surface area (Å²) >= 11 is 13.1. The molecule has 0 unspecified atom stereocenters. The predicted octanol–water partition coefficient (Wildman–Crippen LogP) is 4.75. The molecule has 142 valence electrons. The van der Waals surface area contributed by atoms with Crippen LogP contribution in [0.4, 0.5) is 0 Å². The summed E-state index contributed by atoms with van der Waals surface area (Å²) in [4.78, 5) is 24.4. The van der Waals surface area contributed by atoms with Gasteiger partial charge < -0.3 is 5.11 Å². The van der Waals surface area contributed by atoms with Crippen molar-refractivity contribution in [3.63, 3.8) is 0 Å². The molecule has 0 aromatic rings. The van der Waals surface area contributed by atoms with Crippen molar-refractivity contribution in [3.8, 4) is 0 Å². The van der Waals surface area contributed by atoms with Crippen LogP contribution >= 0.6 is 23.2 Å². The van der Waals surface area contributed by atoms with E-state index in [0.29, 0.717) is 28.8 Å². The molecule has 0 radical (unpaired) electrons. The Balaban J connectivity index is 1.83. The molecular weight excluding hydrogens is 371 g/mol. The largest absolute Gasteiger partial charge is 0.382 e. The maximum atomic E-state index is 12.3. The highest BCUT2D eigenvalue weighted by Crippen LogP contribution is 2.67. The van der Waals surface area contributed by atoms with Gasteiger partial charge >= 0.3 is 0 Å². The summed E-state index contributed by atoms with van der Waals surface area (Å²) < 4.78 is 0. The molecule has 26 heavy (non-hydrogen) atoms. The van der Waals surface area contributed by atoms with Crippen LogP contribution in [0, 0.1) is 28.6 Å². The van der Waals surface area contributed by atoms with Crippen molar-refractivity contribution in [1.29, 1.82) is 0 Å². The number of allylic oxidation sites excluding steroid dienone is 4. The number of rotatable bonds is 1. The lowest BCUT2D eigenvalue weighted by Gasteiger charge is -2.57. The molecule has 6 atom stereocenters. The Labute approximate surface area is 164 Å². The van der Waals surface area contributed by atoms with E-state index in [-0.39, 0.29) is 28.8 Å². The van der Waals surface area contributed by atoms with Crippen LogP contribution in [-0.2, 0) is 9.59 Å². The predicted molar refractivity (Wildman–Crippen MR) is 102 cm³/mol. The Morgan fingerprint density at radius 3 is 2.46 bits per heavy atom. The van der Waals surface area contributed by atoms with Crippen LogP contribution in [0.15, 0.2) is 21.7 Å². The molecule has 4 rings (SSSR count). The molecule has 3 nitrogen and oxygen atoms in total. The highest BCUT2D eigenvalue weighted by molar-refractivity contribution is 6.45.